The number of fused-ring (bicyclic) bond motifs is 3. The number of carbonyl (C=O) groups excluding carboxylic acids is 1. The topological polar surface area (TPSA) is 66.0 Å². The molecule has 1 aromatic rings. The zero-order chi connectivity index (χ0) is 20.6. The molecule has 2 heterocycles. The third-order valence-corrected chi connectivity index (χ3v) is 6.97. The van der Waals surface area contributed by atoms with E-state index in [-0.39, 0.29) is 36.2 Å². The summed E-state index contributed by atoms with van der Waals surface area (Å²) in [4.78, 5) is 12.1. The predicted octanol–water partition coefficient (Wildman–Crippen LogP) is 4.46. The highest BCUT2D eigenvalue weighted by Crippen LogP contribution is 2.56. The number of ether oxygens (including phenoxy) is 4. The Balaban J connectivity index is 1.57. The molecule has 29 heavy (non-hydrogen) atoms. The van der Waals surface area contributed by atoms with E-state index in [2.05, 4.69) is 38.2 Å². The van der Waals surface area contributed by atoms with Crippen LogP contribution in [0.1, 0.15) is 45.8 Å². The molecule has 6 heteroatoms. The summed E-state index contributed by atoms with van der Waals surface area (Å²) in [6.07, 6.45) is 2.82. The number of allylic oxidation sites excluding steroid dienone is 1. The smallest absolute Gasteiger partial charge is 0.407 e. The third kappa shape index (κ3) is 3.48. The second-order valence-corrected chi connectivity index (χ2v) is 8.59. The first-order valence-corrected chi connectivity index (χ1v) is 10.6. The summed E-state index contributed by atoms with van der Waals surface area (Å²) in [7, 11) is 0. The van der Waals surface area contributed by atoms with Crippen LogP contribution in [0.2, 0.25) is 0 Å². The van der Waals surface area contributed by atoms with Crippen LogP contribution >= 0.6 is 0 Å². The minimum atomic E-state index is -0.346. The van der Waals surface area contributed by atoms with Crippen LogP contribution in [0.5, 0.6) is 11.5 Å². The van der Waals surface area contributed by atoms with Gasteiger partial charge < -0.3 is 24.3 Å². The minimum Gasteiger partial charge on any atom is -0.454 e. The lowest BCUT2D eigenvalue weighted by molar-refractivity contribution is -0.165. The fourth-order valence-corrected chi connectivity index (χ4v) is 5.13. The molecule has 2 aliphatic heterocycles. The summed E-state index contributed by atoms with van der Waals surface area (Å²) in [6.45, 7) is 10.5. The van der Waals surface area contributed by atoms with Crippen LogP contribution in [0.25, 0.3) is 0 Å². The number of alkyl carbamates (subject to hydrolysis) is 1. The van der Waals surface area contributed by atoms with Gasteiger partial charge in [-0.15, -0.1) is 0 Å². The third-order valence-electron chi connectivity index (χ3n) is 6.97. The van der Waals surface area contributed by atoms with E-state index in [0.717, 1.165) is 23.5 Å². The number of rotatable bonds is 5. The van der Waals surface area contributed by atoms with Gasteiger partial charge in [-0.3, -0.25) is 0 Å². The maximum atomic E-state index is 12.1. The Kier molecular flexibility index (Phi) is 5.47. The molecule has 2 bridgehead atoms. The van der Waals surface area contributed by atoms with Crippen LogP contribution in [0.15, 0.2) is 29.8 Å². The van der Waals surface area contributed by atoms with Crippen molar-refractivity contribution in [1.29, 1.82) is 0 Å². The Bertz CT molecular complexity index is 806. The average Bonchev–Trinajstić information content (AvgIpc) is 3.17. The summed E-state index contributed by atoms with van der Waals surface area (Å²) in [5.41, 5.74) is 2.21. The van der Waals surface area contributed by atoms with Gasteiger partial charge in [0.05, 0.1) is 12.7 Å². The maximum Gasteiger partial charge on any atom is 0.407 e. The number of amides is 1. The number of carbonyl (C=O) groups is 1. The first-order valence-electron chi connectivity index (χ1n) is 10.6. The molecule has 1 saturated heterocycles. The van der Waals surface area contributed by atoms with E-state index >= 15 is 0 Å². The zero-order valence-corrected chi connectivity index (χ0v) is 17.7. The van der Waals surface area contributed by atoms with Gasteiger partial charge in [-0.2, -0.15) is 0 Å². The molecule has 0 radical (unpaired) electrons. The van der Waals surface area contributed by atoms with Crippen LogP contribution in [-0.4, -0.2) is 32.6 Å². The molecule has 1 amide bonds. The molecule has 6 nitrogen and oxygen atoms in total. The summed E-state index contributed by atoms with van der Waals surface area (Å²) < 4.78 is 23.1. The van der Waals surface area contributed by atoms with Crippen molar-refractivity contribution in [2.24, 2.45) is 23.2 Å². The molecule has 0 saturated carbocycles. The normalized spacial score (nSPS) is 32.5. The monoisotopic (exact) mass is 401 g/mol. The van der Waals surface area contributed by atoms with E-state index in [0.29, 0.717) is 25.7 Å². The second kappa shape index (κ2) is 7.90. The SMILES string of the molecule is CCCNC(=O)OC[C@@]12CO[C@@H](c3ccc4c(c3)OCO4)[C@@H](C(C)=C[C@@H]1C)[C@H]2C. The molecule has 5 atom stereocenters. The lowest BCUT2D eigenvalue weighted by Gasteiger charge is -2.55. The van der Waals surface area contributed by atoms with Crippen LogP contribution in [-0.2, 0) is 9.47 Å². The van der Waals surface area contributed by atoms with Crippen molar-refractivity contribution in [3.8, 4) is 11.5 Å². The molecule has 1 N–H and O–H groups in total. The van der Waals surface area contributed by atoms with Crippen molar-refractivity contribution in [2.75, 3.05) is 26.6 Å². The number of hydrogen-bond acceptors (Lipinski definition) is 5. The maximum absolute atomic E-state index is 12.1. The van der Waals surface area contributed by atoms with E-state index < -0.39 is 0 Å². The van der Waals surface area contributed by atoms with Crippen molar-refractivity contribution in [3.05, 3.63) is 35.4 Å². The van der Waals surface area contributed by atoms with Crippen molar-refractivity contribution in [2.45, 2.75) is 40.2 Å². The van der Waals surface area contributed by atoms with Crippen LogP contribution in [0.4, 0.5) is 4.79 Å². The Morgan fingerprint density at radius 3 is 2.86 bits per heavy atom. The summed E-state index contributed by atoms with van der Waals surface area (Å²) >= 11 is 0. The Hall–Kier alpha value is -2.21. The predicted molar refractivity (Wildman–Crippen MR) is 109 cm³/mol. The fourth-order valence-electron chi connectivity index (χ4n) is 5.13. The quantitative estimate of drug-likeness (QED) is 0.738. The molecule has 0 aromatic heterocycles. The molecule has 158 valence electrons. The minimum absolute atomic E-state index is 0.0507. The fraction of sp³-hybridized carbons (Fsp3) is 0.609. The summed E-state index contributed by atoms with van der Waals surface area (Å²) in [6, 6.07) is 6.06. The van der Waals surface area contributed by atoms with Gasteiger partial charge in [-0.1, -0.05) is 38.5 Å². The van der Waals surface area contributed by atoms with Gasteiger partial charge >= 0.3 is 6.09 Å². The Labute approximate surface area is 172 Å². The lowest BCUT2D eigenvalue weighted by Crippen LogP contribution is -2.54. The molecule has 0 unspecified atom stereocenters. The Morgan fingerprint density at radius 1 is 1.28 bits per heavy atom. The highest BCUT2D eigenvalue weighted by Gasteiger charge is 2.54. The van der Waals surface area contributed by atoms with Crippen molar-refractivity contribution < 1.29 is 23.7 Å². The molecule has 1 aromatic carbocycles. The molecule has 0 spiro atoms. The summed E-state index contributed by atoms with van der Waals surface area (Å²) in [5, 5.41) is 2.80. The van der Waals surface area contributed by atoms with E-state index in [1.807, 2.05) is 19.1 Å². The molecule has 3 aliphatic rings. The second-order valence-electron chi connectivity index (χ2n) is 8.59. The highest BCUT2D eigenvalue weighted by molar-refractivity contribution is 5.67. The molecular weight excluding hydrogens is 370 g/mol. The summed E-state index contributed by atoms with van der Waals surface area (Å²) in [5.74, 6) is 2.36. The van der Waals surface area contributed by atoms with E-state index in [4.69, 9.17) is 18.9 Å². The highest BCUT2D eigenvalue weighted by atomic mass is 16.7. The Morgan fingerprint density at radius 2 is 2.07 bits per heavy atom. The van der Waals surface area contributed by atoms with Gasteiger partial charge in [0.15, 0.2) is 11.5 Å². The van der Waals surface area contributed by atoms with Crippen molar-refractivity contribution >= 4 is 6.09 Å². The lowest BCUT2D eigenvalue weighted by atomic mass is 9.56. The van der Waals surface area contributed by atoms with Gasteiger partial charge in [0, 0.05) is 17.9 Å². The number of hydrogen-bond donors (Lipinski definition) is 1. The molecular formula is C23H31NO5. The largest absolute Gasteiger partial charge is 0.454 e. The van der Waals surface area contributed by atoms with E-state index in [1.54, 1.807) is 0 Å². The number of benzene rings is 1. The average molecular weight is 402 g/mol. The van der Waals surface area contributed by atoms with Crippen LogP contribution < -0.4 is 14.8 Å². The van der Waals surface area contributed by atoms with Gasteiger partial charge in [0.2, 0.25) is 6.79 Å². The van der Waals surface area contributed by atoms with Crippen molar-refractivity contribution in [3.63, 3.8) is 0 Å². The first kappa shape index (κ1) is 20.1. The standard InChI is InChI=1S/C23H31NO5/c1-5-8-24-22(25)27-12-23-11-26-21(20(16(23)4)14(2)9-15(23)3)17-6-7-18-19(10-17)29-13-28-18/h6-7,9-10,15-16,20-21H,5,8,11-13H2,1-4H3,(H,24,25)/t15-,16+,20-,21-,23-/m0/s1. The van der Waals surface area contributed by atoms with E-state index in [9.17, 15) is 4.79 Å². The molecule has 4 rings (SSSR count). The van der Waals surface area contributed by atoms with Gasteiger partial charge in [-0.05, 0) is 42.9 Å². The number of nitrogens with one attached hydrogen (secondary N) is 1. The van der Waals surface area contributed by atoms with Gasteiger partial charge in [0.25, 0.3) is 0 Å². The van der Waals surface area contributed by atoms with Crippen molar-refractivity contribution in [1.82, 2.24) is 5.32 Å². The molecule has 1 fully saturated rings. The van der Waals surface area contributed by atoms with Crippen LogP contribution in [0, 0.1) is 23.2 Å². The van der Waals surface area contributed by atoms with Crippen LogP contribution in [0.3, 0.4) is 0 Å². The molecule has 1 aliphatic carbocycles. The zero-order valence-electron chi connectivity index (χ0n) is 17.7. The first-order chi connectivity index (χ1) is 14.0. The van der Waals surface area contributed by atoms with E-state index in [1.165, 1.54) is 5.57 Å². The van der Waals surface area contributed by atoms with Gasteiger partial charge in [0.1, 0.15) is 6.61 Å². The van der Waals surface area contributed by atoms with Gasteiger partial charge in [-0.25, -0.2) is 4.79 Å².